The average Bonchev–Trinajstić information content (AvgIpc) is 2.77. The first-order valence-electron chi connectivity index (χ1n) is 6.06. The second kappa shape index (κ2) is 5.74. The van der Waals surface area contributed by atoms with Crippen LogP contribution in [-0.4, -0.2) is 12.8 Å². The van der Waals surface area contributed by atoms with E-state index >= 15 is 0 Å². The maximum Gasteiger partial charge on any atom is 0.231 e. The smallest absolute Gasteiger partial charge is 0.231 e. The molecular formula is C13H18BrNO2. The van der Waals surface area contributed by atoms with Crippen LogP contribution in [-0.2, 0) is 6.54 Å². The van der Waals surface area contributed by atoms with E-state index in [4.69, 9.17) is 9.47 Å². The number of nitrogens with one attached hydrogen (secondary N) is 1. The lowest BCUT2D eigenvalue weighted by molar-refractivity contribution is 0.174. The average molecular weight is 300 g/mol. The Morgan fingerprint density at radius 2 is 1.88 bits per heavy atom. The summed E-state index contributed by atoms with van der Waals surface area (Å²) in [5.74, 6) is 1.66. The first-order chi connectivity index (χ1) is 8.24. The van der Waals surface area contributed by atoms with Gasteiger partial charge in [0.25, 0.3) is 0 Å². The summed E-state index contributed by atoms with van der Waals surface area (Å²) in [7, 11) is 0. The molecule has 0 unspecified atom stereocenters. The van der Waals surface area contributed by atoms with Crippen molar-refractivity contribution in [3.8, 4) is 11.5 Å². The number of rotatable bonds is 5. The van der Waals surface area contributed by atoms with Crippen molar-refractivity contribution in [2.75, 3.05) is 6.79 Å². The number of halogens is 1. The molecule has 0 spiro atoms. The highest BCUT2D eigenvalue weighted by molar-refractivity contribution is 9.10. The van der Waals surface area contributed by atoms with Crippen LogP contribution in [0.1, 0.15) is 32.3 Å². The van der Waals surface area contributed by atoms with Crippen LogP contribution in [0.2, 0.25) is 0 Å². The van der Waals surface area contributed by atoms with E-state index in [1.807, 2.05) is 12.1 Å². The number of ether oxygens (including phenoxy) is 2. The van der Waals surface area contributed by atoms with E-state index in [-0.39, 0.29) is 0 Å². The molecule has 0 atom stereocenters. The molecule has 0 radical (unpaired) electrons. The van der Waals surface area contributed by atoms with Gasteiger partial charge in [-0.1, -0.05) is 29.8 Å². The third kappa shape index (κ3) is 2.93. The standard InChI is InChI=1S/C13H18BrNO2/c1-3-10(4-2)15-7-9-5-12-13(6-11(9)14)17-8-16-12/h5-6,10,15H,3-4,7-8H2,1-2H3. The zero-order valence-corrected chi connectivity index (χ0v) is 11.8. The topological polar surface area (TPSA) is 30.5 Å². The van der Waals surface area contributed by atoms with Crippen molar-refractivity contribution in [2.45, 2.75) is 39.3 Å². The van der Waals surface area contributed by atoms with Crippen molar-refractivity contribution in [1.29, 1.82) is 0 Å². The summed E-state index contributed by atoms with van der Waals surface area (Å²) in [6, 6.07) is 4.60. The first-order valence-corrected chi connectivity index (χ1v) is 6.85. The molecule has 0 saturated carbocycles. The highest BCUT2D eigenvalue weighted by Gasteiger charge is 2.16. The molecule has 0 aliphatic carbocycles. The van der Waals surface area contributed by atoms with Crippen molar-refractivity contribution in [3.63, 3.8) is 0 Å². The highest BCUT2D eigenvalue weighted by atomic mass is 79.9. The normalized spacial score (nSPS) is 13.4. The molecule has 4 heteroatoms. The predicted molar refractivity (Wildman–Crippen MR) is 71.5 cm³/mol. The zero-order valence-electron chi connectivity index (χ0n) is 10.3. The van der Waals surface area contributed by atoms with Gasteiger partial charge in [-0.05, 0) is 30.5 Å². The maximum atomic E-state index is 5.38. The van der Waals surface area contributed by atoms with Gasteiger partial charge in [-0.2, -0.15) is 0 Å². The van der Waals surface area contributed by atoms with Gasteiger partial charge in [-0.15, -0.1) is 0 Å². The lowest BCUT2D eigenvalue weighted by atomic mass is 10.1. The molecule has 0 saturated heterocycles. The monoisotopic (exact) mass is 299 g/mol. The molecule has 0 bridgehead atoms. The van der Waals surface area contributed by atoms with E-state index in [1.165, 1.54) is 5.56 Å². The Hall–Kier alpha value is -0.740. The molecule has 0 amide bonds. The summed E-state index contributed by atoms with van der Waals surface area (Å²) in [5.41, 5.74) is 1.21. The van der Waals surface area contributed by atoms with E-state index in [9.17, 15) is 0 Å². The van der Waals surface area contributed by atoms with E-state index in [0.29, 0.717) is 12.8 Å². The van der Waals surface area contributed by atoms with Crippen molar-refractivity contribution in [2.24, 2.45) is 0 Å². The predicted octanol–water partition coefficient (Wildman–Crippen LogP) is 3.46. The summed E-state index contributed by atoms with van der Waals surface area (Å²) < 4.78 is 11.8. The van der Waals surface area contributed by atoms with Gasteiger partial charge in [0.15, 0.2) is 11.5 Å². The SMILES string of the molecule is CCC(CC)NCc1cc2c(cc1Br)OCO2. The molecule has 1 aliphatic rings. The van der Waals surface area contributed by atoms with Crippen molar-refractivity contribution >= 4 is 15.9 Å². The molecule has 3 nitrogen and oxygen atoms in total. The molecule has 1 aliphatic heterocycles. The first kappa shape index (κ1) is 12.7. The third-order valence-corrected chi connectivity index (χ3v) is 3.85. The largest absolute Gasteiger partial charge is 0.454 e. The van der Waals surface area contributed by atoms with Crippen molar-refractivity contribution in [3.05, 3.63) is 22.2 Å². The Labute approximate surface area is 111 Å². The van der Waals surface area contributed by atoms with Gasteiger partial charge < -0.3 is 14.8 Å². The Kier molecular flexibility index (Phi) is 4.29. The third-order valence-electron chi connectivity index (χ3n) is 3.11. The molecule has 2 rings (SSSR count). The van der Waals surface area contributed by atoms with Crippen LogP contribution >= 0.6 is 15.9 Å². The summed E-state index contributed by atoms with van der Waals surface area (Å²) in [4.78, 5) is 0. The summed E-state index contributed by atoms with van der Waals surface area (Å²) in [6.45, 7) is 5.58. The Balaban J connectivity index is 2.06. The van der Waals surface area contributed by atoms with Gasteiger partial charge in [0, 0.05) is 17.1 Å². The van der Waals surface area contributed by atoms with E-state index in [2.05, 4.69) is 35.1 Å². The molecule has 1 aromatic carbocycles. The lowest BCUT2D eigenvalue weighted by Gasteiger charge is -2.15. The minimum Gasteiger partial charge on any atom is -0.454 e. The lowest BCUT2D eigenvalue weighted by Crippen LogP contribution is -2.27. The van der Waals surface area contributed by atoms with Crippen LogP contribution in [0.4, 0.5) is 0 Å². The van der Waals surface area contributed by atoms with E-state index < -0.39 is 0 Å². The molecule has 17 heavy (non-hydrogen) atoms. The molecular weight excluding hydrogens is 282 g/mol. The van der Waals surface area contributed by atoms with Gasteiger partial charge in [0.1, 0.15) is 0 Å². The summed E-state index contributed by atoms with van der Waals surface area (Å²) >= 11 is 3.57. The van der Waals surface area contributed by atoms with Crippen LogP contribution in [0.25, 0.3) is 0 Å². The maximum absolute atomic E-state index is 5.38. The molecule has 0 fully saturated rings. The Bertz CT molecular complexity index is 391. The van der Waals surface area contributed by atoms with Gasteiger partial charge in [-0.3, -0.25) is 0 Å². The van der Waals surface area contributed by atoms with Crippen molar-refractivity contribution in [1.82, 2.24) is 5.32 Å². The molecule has 94 valence electrons. The van der Waals surface area contributed by atoms with Crippen LogP contribution in [0.3, 0.4) is 0 Å². The number of benzene rings is 1. The zero-order chi connectivity index (χ0) is 12.3. The number of fused-ring (bicyclic) bond motifs is 1. The number of hydrogen-bond donors (Lipinski definition) is 1. The van der Waals surface area contributed by atoms with Crippen LogP contribution < -0.4 is 14.8 Å². The van der Waals surface area contributed by atoms with Crippen LogP contribution in [0.15, 0.2) is 16.6 Å². The Morgan fingerprint density at radius 1 is 1.24 bits per heavy atom. The molecule has 0 aromatic heterocycles. The fourth-order valence-electron chi connectivity index (χ4n) is 1.93. The molecule has 1 heterocycles. The van der Waals surface area contributed by atoms with Gasteiger partial charge in [-0.25, -0.2) is 0 Å². The fraction of sp³-hybridized carbons (Fsp3) is 0.538. The van der Waals surface area contributed by atoms with Crippen molar-refractivity contribution < 1.29 is 9.47 Å². The quantitative estimate of drug-likeness (QED) is 0.903. The molecule has 1 aromatic rings. The number of hydrogen-bond acceptors (Lipinski definition) is 3. The molecule has 1 N–H and O–H groups in total. The fourth-order valence-corrected chi connectivity index (χ4v) is 2.39. The highest BCUT2D eigenvalue weighted by Crippen LogP contribution is 2.36. The second-order valence-electron chi connectivity index (χ2n) is 4.19. The minimum atomic E-state index is 0.325. The minimum absolute atomic E-state index is 0.325. The van der Waals surface area contributed by atoms with Gasteiger partial charge >= 0.3 is 0 Å². The Morgan fingerprint density at radius 3 is 2.53 bits per heavy atom. The van der Waals surface area contributed by atoms with Gasteiger partial charge in [0.05, 0.1) is 0 Å². The van der Waals surface area contributed by atoms with Crippen LogP contribution in [0, 0.1) is 0 Å². The second-order valence-corrected chi connectivity index (χ2v) is 5.05. The van der Waals surface area contributed by atoms with E-state index in [0.717, 1.165) is 35.4 Å². The van der Waals surface area contributed by atoms with Gasteiger partial charge in [0.2, 0.25) is 6.79 Å². The summed E-state index contributed by atoms with van der Waals surface area (Å²) in [5, 5.41) is 3.54. The summed E-state index contributed by atoms with van der Waals surface area (Å²) in [6.07, 6.45) is 2.30. The van der Waals surface area contributed by atoms with Crippen LogP contribution in [0.5, 0.6) is 11.5 Å². The van der Waals surface area contributed by atoms with E-state index in [1.54, 1.807) is 0 Å².